The van der Waals surface area contributed by atoms with Gasteiger partial charge in [0, 0.05) is 18.6 Å². The molecule has 0 aromatic carbocycles. The Morgan fingerprint density at radius 3 is 3.05 bits per heavy atom. The molecule has 0 spiro atoms. The lowest BCUT2D eigenvalue weighted by Crippen LogP contribution is -2.06. The van der Waals surface area contributed by atoms with Gasteiger partial charge in [0.1, 0.15) is 5.70 Å². The second-order valence-corrected chi connectivity index (χ2v) is 5.25. The van der Waals surface area contributed by atoms with Gasteiger partial charge in [-0.3, -0.25) is 0 Å². The Bertz CT molecular complexity index is 701. The van der Waals surface area contributed by atoms with Crippen molar-refractivity contribution >= 4 is 11.3 Å². The van der Waals surface area contributed by atoms with E-state index in [0.29, 0.717) is 18.2 Å². The highest BCUT2D eigenvalue weighted by Crippen LogP contribution is 2.40. The number of hydrogen-bond donors (Lipinski definition) is 4. The van der Waals surface area contributed by atoms with Crippen LogP contribution in [-0.2, 0) is 6.54 Å². The van der Waals surface area contributed by atoms with E-state index in [-0.39, 0.29) is 12.3 Å². The van der Waals surface area contributed by atoms with Crippen molar-refractivity contribution in [2.24, 2.45) is 5.11 Å². The number of rotatable bonds is 6. The zero-order valence-corrected chi connectivity index (χ0v) is 11.6. The molecule has 1 aliphatic rings. The number of nitrogens with zero attached hydrogens (tertiary/aromatic N) is 3. The number of aliphatic hydroxyl groups is 1. The van der Waals surface area contributed by atoms with E-state index in [2.05, 4.69) is 21.6 Å². The average Bonchev–Trinajstić information content (AvgIpc) is 3.24. The SMILES string of the molecule is N=N/C(=C\NCc1cn2cc(C3CC3)cc(N)c2n1)CO. The van der Waals surface area contributed by atoms with E-state index in [1.807, 2.05) is 16.7 Å². The zero-order valence-electron chi connectivity index (χ0n) is 11.6. The van der Waals surface area contributed by atoms with Gasteiger partial charge in [-0.2, -0.15) is 5.11 Å². The maximum absolute atomic E-state index is 8.90. The van der Waals surface area contributed by atoms with Gasteiger partial charge in [0.2, 0.25) is 0 Å². The first-order valence-corrected chi connectivity index (χ1v) is 6.89. The summed E-state index contributed by atoms with van der Waals surface area (Å²) < 4.78 is 1.96. The van der Waals surface area contributed by atoms with Crippen LogP contribution in [0.1, 0.15) is 30.0 Å². The van der Waals surface area contributed by atoms with Gasteiger partial charge in [0.15, 0.2) is 5.65 Å². The molecular formula is C14H18N6O. The van der Waals surface area contributed by atoms with Gasteiger partial charge in [-0.05, 0) is 30.4 Å². The Morgan fingerprint density at radius 1 is 1.57 bits per heavy atom. The summed E-state index contributed by atoms with van der Waals surface area (Å²) in [5.74, 6) is 0.648. The lowest BCUT2D eigenvalue weighted by molar-refractivity contribution is 0.327. The molecule has 7 nitrogen and oxygen atoms in total. The number of anilines is 1. The van der Waals surface area contributed by atoms with Crippen molar-refractivity contribution in [1.29, 1.82) is 5.53 Å². The van der Waals surface area contributed by atoms with Gasteiger partial charge in [0.25, 0.3) is 0 Å². The van der Waals surface area contributed by atoms with Crippen LogP contribution >= 0.6 is 0 Å². The number of pyridine rings is 1. The minimum absolute atomic E-state index is 0.265. The van der Waals surface area contributed by atoms with E-state index in [4.69, 9.17) is 16.4 Å². The Hall–Kier alpha value is -2.41. The quantitative estimate of drug-likeness (QED) is 0.606. The third-order valence-electron chi connectivity index (χ3n) is 3.56. The predicted molar refractivity (Wildman–Crippen MR) is 78.7 cm³/mol. The molecule has 3 rings (SSSR count). The van der Waals surface area contributed by atoms with Crippen LogP contribution in [0.3, 0.4) is 0 Å². The number of nitrogens with one attached hydrogen (secondary N) is 2. The number of nitrogen functional groups attached to an aromatic ring is 1. The van der Waals surface area contributed by atoms with Gasteiger partial charge in [-0.25, -0.2) is 10.5 Å². The molecule has 2 aromatic rings. The summed E-state index contributed by atoms with van der Waals surface area (Å²) in [6.07, 6.45) is 8.01. The molecule has 2 heterocycles. The Morgan fingerprint density at radius 2 is 2.38 bits per heavy atom. The molecule has 2 aromatic heterocycles. The summed E-state index contributed by atoms with van der Waals surface area (Å²) in [5, 5.41) is 15.1. The summed E-state index contributed by atoms with van der Waals surface area (Å²) in [6.45, 7) is 0.221. The van der Waals surface area contributed by atoms with Gasteiger partial charge in [-0.15, -0.1) is 0 Å². The van der Waals surface area contributed by atoms with E-state index in [1.165, 1.54) is 24.6 Å². The van der Waals surface area contributed by atoms with Gasteiger partial charge < -0.3 is 20.6 Å². The second kappa shape index (κ2) is 5.53. The van der Waals surface area contributed by atoms with Crippen LogP contribution in [0.15, 0.2) is 35.5 Å². The third-order valence-corrected chi connectivity index (χ3v) is 3.56. The normalized spacial score (nSPS) is 15.4. The van der Waals surface area contributed by atoms with Gasteiger partial charge in [-0.1, -0.05) is 0 Å². The van der Waals surface area contributed by atoms with Crippen molar-refractivity contribution in [3.05, 3.63) is 41.6 Å². The van der Waals surface area contributed by atoms with Crippen LogP contribution in [0.2, 0.25) is 0 Å². The van der Waals surface area contributed by atoms with Crippen LogP contribution in [0.4, 0.5) is 5.69 Å². The highest BCUT2D eigenvalue weighted by molar-refractivity contribution is 5.66. The highest BCUT2D eigenvalue weighted by atomic mass is 16.3. The average molecular weight is 286 g/mol. The van der Waals surface area contributed by atoms with E-state index in [1.54, 1.807) is 0 Å². The molecule has 0 saturated heterocycles. The molecule has 1 saturated carbocycles. The number of aliphatic hydroxyl groups excluding tert-OH is 1. The first-order valence-electron chi connectivity index (χ1n) is 6.89. The lowest BCUT2D eigenvalue weighted by Gasteiger charge is -2.02. The largest absolute Gasteiger partial charge is 0.396 e. The van der Waals surface area contributed by atoms with Crippen molar-refractivity contribution in [2.75, 3.05) is 12.3 Å². The molecular weight excluding hydrogens is 268 g/mol. The fourth-order valence-electron chi connectivity index (χ4n) is 2.31. The molecule has 0 aliphatic heterocycles. The van der Waals surface area contributed by atoms with E-state index < -0.39 is 0 Å². The minimum atomic E-state index is -0.265. The first-order chi connectivity index (χ1) is 10.2. The molecule has 1 fully saturated rings. The maximum atomic E-state index is 8.90. The summed E-state index contributed by atoms with van der Waals surface area (Å²) in [7, 11) is 0. The van der Waals surface area contributed by atoms with Crippen molar-refractivity contribution in [2.45, 2.75) is 25.3 Å². The van der Waals surface area contributed by atoms with Crippen molar-refractivity contribution in [3.8, 4) is 0 Å². The molecule has 0 bridgehead atoms. The van der Waals surface area contributed by atoms with Crippen LogP contribution in [0.25, 0.3) is 5.65 Å². The maximum Gasteiger partial charge on any atom is 0.160 e. The molecule has 0 unspecified atom stereocenters. The number of hydrogen-bond acceptors (Lipinski definition) is 6. The summed E-state index contributed by atoms with van der Waals surface area (Å²) in [4.78, 5) is 4.49. The molecule has 110 valence electrons. The van der Waals surface area contributed by atoms with Gasteiger partial charge in [0.05, 0.1) is 24.5 Å². The molecule has 21 heavy (non-hydrogen) atoms. The molecule has 0 amide bonds. The van der Waals surface area contributed by atoms with Crippen LogP contribution in [0.5, 0.6) is 0 Å². The van der Waals surface area contributed by atoms with E-state index in [9.17, 15) is 0 Å². The standard InChI is InChI=1S/C14H18N6O/c15-13-3-10(9-1-2-9)6-20-7-11(18-14(13)20)4-17-5-12(8-21)19-16/h3,5-7,9,16-17,21H,1-2,4,8,15H2/b12-5-,19-16?. The highest BCUT2D eigenvalue weighted by Gasteiger charge is 2.24. The van der Waals surface area contributed by atoms with Crippen molar-refractivity contribution < 1.29 is 5.11 Å². The summed E-state index contributed by atoms with van der Waals surface area (Å²) >= 11 is 0. The number of imidazole rings is 1. The Labute approximate surface area is 122 Å². The zero-order chi connectivity index (χ0) is 14.8. The first kappa shape index (κ1) is 13.6. The number of aromatic nitrogens is 2. The molecule has 5 N–H and O–H groups in total. The second-order valence-electron chi connectivity index (χ2n) is 5.25. The number of nitrogens with two attached hydrogens (primary N) is 1. The van der Waals surface area contributed by atoms with Gasteiger partial charge >= 0.3 is 0 Å². The van der Waals surface area contributed by atoms with Crippen molar-refractivity contribution in [3.63, 3.8) is 0 Å². The van der Waals surface area contributed by atoms with E-state index in [0.717, 1.165) is 11.3 Å². The smallest absolute Gasteiger partial charge is 0.160 e. The summed E-state index contributed by atoms with van der Waals surface area (Å²) in [6, 6.07) is 2.01. The molecule has 0 radical (unpaired) electrons. The van der Waals surface area contributed by atoms with E-state index >= 15 is 0 Å². The molecule has 0 atom stereocenters. The fourth-order valence-corrected chi connectivity index (χ4v) is 2.31. The van der Waals surface area contributed by atoms with Crippen LogP contribution in [0, 0.1) is 5.53 Å². The van der Waals surface area contributed by atoms with Crippen LogP contribution < -0.4 is 11.1 Å². The van der Waals surface area contributed by atoms with Crippen LogP contribution in [-0.4, -0.2) is 21.1 Å². The molecule has 1 aliphatic carbocycles. The minimum Gasteiger partial charge on any atom is -0.396 e. The topological polar surface area (TPSA) is 112 Å². The lowest BCUT2D eigenvalue weighted by atomic mass is 10.2. The van der Waals surface area contributed by atoms with Crippen molar-refractivity contribution in [1.82, 2.24) is 14.7 Å². The fraction of sp³-hybridized carbons (Fsp3) is 0.357. The number of fused-ring (bicyclic) bond motifs is 1. The Balaban J connectivity index is 1.79. The monoisotopic (exact) mass is 286 g/mol. The Kier molecular flexibility index (Phi) is 3.57. The predicted octanol–water partition coefficient (Wildman–Crippen LogP) is 1.75. The summed E-state index contributed by atoms with van der Waals surface area (Å²) in [5.41, 5.74) is 16.8. The molecule has 7 heteroatoms. The third kappa shape index (κ3) is 2.87.